The van der Waals surface area contributed by atoms with E-state index in [-0.39, 0.29) is 12.4 Å². The molecule has 0 saturated heterocycles. The molecular weight excluding hydrogens is 376 g/mol. The van der Waals surface area contributed by atoms with Gasteiger partial charge < -0.3 is 20.0 Å². The molecule has 0 unspecified atom stereocenters. The van der Waals surface area contributed by atoms with Crippen molar-refractivity contribution in [1.82, 2.24) is 0 Å². The normalized spacial score (nSPS) is 11.0. The SMILES string of the molecule is COc1ccccc1CC(N)=NOC(=O)COc1ccc(Br)cc1. The Labute approximate surface area is 148 Å². The molecule has 2 aromatic rings. The van der Waals surface area contributed by atoms with E-state index in [1.54, 1.807) is 19.2 Å². The number of rotatable bonds is 7. The van der Waals surface area contributed by atoms with Crippen LogP contribution in [0.1, 0.15) is 5.56 Å². The zero-order valence-corrected chi connectivity index (χ0v) is 14.7. The van der Waals surface area contributed by atoms with Crippen molar-refractivity contribution < 1.29 is 19.1 Å². The second-order valence-electron chi connectivity index (χ2n) is 4.78. The van der Waals surface area contributed by atoms with Crippen LogP contribution in [0.15, 0.2) is 58.2 Å². The van der Waals surface area contributed by atoms with Gasteiger partial charge in [0.05, 0.1) is 7.11 Å². The molecule has 0 saturated carbocycles. The summed E-state index contributed by atoms with van der Waals surface area (Å²) in [6, 6.07) is 14.5. The van der Waals surface area contributed by atoms with Crippen LogP contribution in [0, 0.1) is 0 Å². The van der Waals surface area contributed by atoms with Crippen LogP contribution in [0.4, 0.5) is 0 Å². The van der Waals surface area contributed by atoms with Crippen LogP contribution in [0.2, 0.25) is 0 Å². The molecule has 0 spiro atoms. The van der Waals surface area contributed by atoms with E-state index in [2.05, 4.69) is 21.1 Å². The number of halogens is 1. The van der Waals surface area contributed by atoms with E-state index in [0.717, 1.165) is 10.0 Å². The molecule has 0 fully saturated rings. The fourth-order valence-corrected chi connectivity index (χ4v) is 2.15. The number of carbonyl (C=O) groups is 1. The average molecular weight is 393 g/mol. The third-order valence-corrected chi connectivity index (χ3v) is 3.53. The summed E-state index contributed by atoms with van der Waals surface area (Å²) in [4.78, 5) is 16.4. The van der Waals surface area contributed by atoms with Crippen molar-refractivity contribution >= 4 is 27.7 Å². The van der Waals surface area contributed by atoms with E-state index in [4.69, 9.17) is 20.0 Å². The molecule has 0 aliphatic heterocycles. The fourth-order valence-electron chi connectivity index (χ4n) is 1.89. The number of amidine groups is 1. The van der Waals surface area contributed by atoms with Gasteiger partial charge in [-0.1, -0.05) is 39.3 Å². The van der Waals surface area contributed by atoms with Gasteiger partial charge >= 0.3 is 5.97 Å². The monoisotopic (exact) mass is 392 g/mol. The van der Waals surface area contributed by atoms with E-state index in [1.807, 2.05) is 36.4 Å². The Balaban J connectivity index is 1.83. The summed E-state index contributed by atoms with van der Waals surface area (Å²) in [5.41, 5.74) is 6.62. The molecule has 2 aromatic carbocycles. The summed E-state index contributed by atoms with van der Waals surface area (Å²) >= 11 is 3.32. The Morgan fingerprint density at radius 2 is 1.88 bits per heavy atom. The molecular formula is C17H17BrN2O4. The molecule has 7 heteroatoms. The van der Waals surface area contributed by atoms with Gasteiger partial charge in [0.2, 0.25) is 0 Å². The minimum atomic E-state index is -0.638. The highest BCUT2D eigenvalue weighted by Gasteiger charge is 2.07. The Morgan fingerprint density at radius 3 is 2.58 bits per heavy atom. The Morgan fingerprint density at radius 1 is 1.17 bits per heavy atom. The number of carbonyl (C=O) groups excluding carboxylic acids is 1. The van der Waals surface area contributed by atoms with Crippen molar-refractivity contribution in [1.29, 1.82) is 0 Å². The third-order valence-electron chi connectivity index (χ3n) is 3.00. The molecule has 0 aromatic heterocycles. The molecule has 6 nitrogen and oxygen atoms in total. The van der Waals surface area contributed by atoms with Crippen molar-refractivity contribution in [2.75, 3.05) is 13.7 Å². The first-order valence-electron chi connectivity index (χ1n) is 7.11. The Kier molecular flexibility index (Phi) is 6.62. The number of methoxy groups -OCH3 is 1. The summed E-state index contributed by atoms with van der Waals surface area (Å²) in [5.74, 6) is 0.777. The van der Waals surface area contributed by atoms with Crippen molar-refractivity contribution in [3.05, 3.63) is 58.6 Å². The summed E-state index contributed by atoms with van der Waals surface area (Å²) < 4.78 is 11.4. The number of benzene rings is 2. The van der Waals surface area contributed by atoms with Crippen LogP contribution >= 0.6 is 15.9 Å². The molecule has 0 aliphatic rings. The molecule has 0 atom stereocenters. The highest BCUT2D eigenvalue weighted by molar-refractivity contribution is 9.10. The minimum absolute atomic E-state index is 0.163. The van der Waals surface area contributed by atoms with Crippen molar-refractivity contribution in [2.45, 2.75) is 6.42 Å². The van der Waals surface area contributed by atoms with Gasteiger partial charge in [0.25, 0.3) is 0 Å². The summed E-state index contributed by atoms with van der Waals surface area (Å²) in [5, 5.41) is 3.62. The molecule has 24 heavy (non-hydrogen) atoms. The van der Waals surface area contributed by atoms with Crippen molar-refractivity contribution in [3.8, 4) is 11.5 Å². The summed E-state index contributed by atoms with van der Waals surface area (Å²) in [7, 11) is 1.58. The molecule has 2 rings (SSSR count). The van der Waals surface area contributed by atoms with Crippen LogP contribution in [0.5, 0.6) is 11.5 Å². The van der Waals surface area contributed by atoms with E-state index < -0.39 is 5.97 Å². The molecule has 0 radical (unpaired) electrons. The molecule has 0 bridgehead atoms. The first-order valence-corrected chi connectivity index (χ1v) is 7.90. The molecule has 0 amide bonds. The van der Waals surface area contributed by atoms with E-state index in [1.165, 1.54) is 0 Å². The number of oxime groups is 1. The lowest BCUT2D eigenvalue weighted by atomic mass is 10.1. The lowest BCUT2D eigenvalue weighted by Crippen LogP contribution is -2.19. The lowest BCUT2D eigenvalue weighted by molar-refractivity contribution is -0.146. The number of hydrogen-bond acceptors (Lipinski definition) is 5. The van der Waals surface area contributed by atoms with E-state index in [9.17, 15) is 4.79 Å². The molecule has 0 heterocycles. The predicted molar refractivity (Wildman–Crippen MR) is 94.0 cm³/mol. The van der Waals surface area contributed by atoms with Gasteiger partial charge in [-0.25, -0.2) is 4.79 Å². The maximum Gasteiger partial charge on any atom is 0.372 e. The van der Waals surface area contributed by atoms with Crippen LogP contribution in [0.25, 0.3) is 0 Å². The zero-order valence-electron chi connectivity index (χ0n) is 13.1. The molecule has 2 N–H and O–H groups in total. The molecule has 0 aliphatic carbocycles. The maximum atomic E-state index is 11.6. The largest absolute Gasteiger partial charge is 0.496 e. The summed E-state index contributed by atoms with van der Waals surface area (Å²) in [6.45, 7) is -0.257. The Hall–Kier alpha value is -2.54. The van der Waals surface area contributed by atoms with Crippen LogP contribution in [-0.2, 0) is 16.1 Å². The second kappa shape index (κ2) is 8.93. The highest BCUT2D eigenvalue weighted by Crippen LogP contribution is 2.18. The number of ether oxygens (including phenoxy) is 2. The predicted octanol–water partition coefficient (Wildman–Crippen LogP) is 2.89. The number of para-hydroxylation sites is 1. The average Bonchev–Trinajstić information content (AvgIpc) is 2.60. The minimum Gasteiger partial charge on any atom is -0.496 e. The number of nitrogens with two attached hydrogens (primary N) is 1. The van der Waals surface area contributed by atoms with Gasteiger partial charge in [-0.05, 0) is 30.3 Å². The van der Waals surface area contributed by atoms with Crippen LogP contribution in [0.3, 0.4) is 0 Å². The van der Waals surface area contributed by atoms with Crippen molar-refractivity contribution in [2.24, 2.45) is 10.9 Å². The standard InChI is InChI=1S/C17H17BrN2O4/c1-22-15-5-3-2-4-12(15)10-16(19)20-24-17(21)11-23-14-8-6-13(18)7-9-14/h2-9H,10-11H2,1H3,(H2,19,20). The van der Waals surface area contributed by atoms with Gasteiger partial charge in [-0.3, -0.25) is 0 Å². The summed E-state index contributed by atoms with van der Waals surface area (Å²) in [6.07, 6.45) is 0.310. The van der Waals surface area contributed by atoms with Crippen molar-refractivity contribution in [3.63, 3.8) is 0 Å². The lowest BCUT2D eigenvalue weighted by Gasteiger charge is -2.07. The van der Waals surface area contributed by atoms with E-state index in [0.29, 0.717) is 17.9 Å². The second-order valence-corrected chi connectivity index (χ2v) is 5.69. The van der Waals surface area contributed by atoms with Gasteiger partial charge in [0, 0.05) is 16.5 Å². The molecule has 126 valence electrons. The zero-order chi connectivity index (χ0) is 17.4. The fraction of sp³-hybridized carbons (Fsp3) is 0.176. The van der Waals surface area contributed by atoms with Gasteiger partial charge in [0.15, 0.2) is 6.61 Å². The Bertz CT molecular complexity index is 717. The van der Waals surface area contributed by atoms with Crippen LogP contribution < -0.4 is 15.2 Å². The highest BCUT2D eigenvalue weighted by atomic mass is 79.9. The number of hydrogen-bond donors (Lipinski definition) is 1. The third kappa shape index (κ3) is 5.58. The first kappa shape index (κ1) is 17.8. The maximum absolute atomic E-state index is 11.6. The quantitative estimate of drug-likeness (QED) is 0.339. The number of nitrogens with zero attached hydrogens (tertiary/aromatic N) is 1. The van der Waals surface area contributed by atoms with E-state index >= 15 is 0 Å². The smallest absolute Gasteiger partial charge is 0.372 e. The first-order chi connectivity index (χ1) is 11.6. The van der Waals surface area contributed by atoms with Gasteiger partial charge in [-0.2, -0.15) is 0 Å². The topological polar surface area (TPSA) is 83.1 Å². The van der Waals surface area contributed by atoms with Gasteiger partial charge in [-0.15, -0.1) is 0 Å². The van der Waals surface area contributed by atoms with Crippen LogP contribution in [-0.4, -0.2) is 25.5 Å². The van der Waals surface area contributed by atoms with Gasteiger partial charge in [0.1, 0.15) is 17.3 Å².